The van der Waals surface area contributed by atoms with Gasteiger partial charge in [-0.15, -0.1) is 0 Å². The van der Waals surface area contributed by atoms with Crippen molar-refractivity contribution in [3.8, 4) is 0 Å². The number of halogens is 2. The number of likely N-dealkylation sites (N-methyl/N-ethyl adjacent to an activating group) is 1. The average Bonchev–Trinajstić information content (AvgIpc) is 2.35. The van der Waals surface area contributed by atoms with E-state index in [0.29, 0.717) is 0 Å². The van der Waals surface area contributed by atoms with Gasteiger partial charge in [-0.3, -0.25) is 14.4 Å². The minimum atomic E-state index is -0.983. The summed E-state index contributed by atoms with van der Waals surface area (Å²) < 4.78 is 26.9. The van der Waals surface area contributed by atoms with Crippen molar-refractivity contribution in [2.75, 3.05) is 26.7 Å². The molecule has 1 fully saturated rings. The average molecular weight is 282 g/mol. The number of rotatable bonds is 3. The maximum Gasteiger partial charge on any atom is 0.243 e. The third kappa shape index (κ3) is 2.66. The van der Waals surface area contributed by atoms with Crippen molar-refractivity contribution in [2.45, 2.75) is 0 Å². The van der Waals surface area contributed by atoms with Crippen LogP contribution in [0.15, 0.2) is 18.2 Å². The molecule has 2 amide bonds. The van der Waals surface area contributed by atoms with Crippen molar-refractivity contribution < 1.29 is 23.2 Å². The predicted octanol–water partition coefficient (Wildman–Crippen LogP) is 0.448. The lowest BCUT2D eigenvalue weighted by atomic mass is 10.1. The molecule has 0 N–H and O–H groups in total. The number of hydrogen-bond donors (Lipinski definition) is 0. The van der Waals surface area contributed by atoms with Crippen LogP contribution < -0.4 is 0 Å². The summed E-state index contributed by atoms with van der Waals surface area (Å²) in [6.45, 7) is -0.931. The van der Waals surface area contributed by atoms with Crippen LogP contribution in [-0.4, -0.2) is 54.1 Å². The fourth-order valence-electron chi connectivity index (χ4n) is 1.92. The quantitative estimate of drug-likeness (QED) is 0.756. The molecule has 5 nitrogen and oxygen atoms in total. The van der Waals surface area contributed by atoms with E-state index < -0.39 is 35.4 Å². The van der Waals surface area contributed by atoms with Gasteiger partial charge in [0.2, 0.25) is 11.8 Å². The molecule has 20 heavy (non-hydrogen) atoms. The van der Waals surface area contributed by atoms with Crippen LogP contribution in [0.25, 0.3) is 0 Å². The minimum Gasteiger partial charge on any atom is -0.335 e. The van der Waals surface area contributed by atoms with E-state index in [1.807, 2.05) is 0 Å². The van der Waals surface area contributed by atoms with E-state index in [2.05, 4.69) is 0 Å². The smallest absolute Gasteiger partial charge is 0.243 e. The van der Waals surface area contributed by atoms with E-state index in [1.54, 1.807) is 0 Å². The molecule has 0 spiro atoms. The van der Waals surface area contributed by atoms with E-state index in [0.717, 1.165) is 23.1 Å². The number of benzene rings is 1. The van der Waals surface area contributed by atoms with Gasteiger partial charge in [-0.1, -0.05) is 6.07 Å². The summed E-state index contributed by atoms with van der Waals surface area (Å²) in [6.07, 6.45) is 0. The number of nitrogens with zero attached hydrogens (tertiary/aromatic N) is 2. The molecule has 0 aromatic heterocycles. The van der Waals surface area contributed by atoms with Crippen LogP contribution in [0.4, 0.5) is 8.78 Å². The highest BCUT2D eigenvalue weighted by Gasteiger charge is 2.30. The maximum atomic E-state index is 13.5. The van der Waals surface area contributed by atoms with E-state index >= 15 is 0 Å². The standard InChI is InChI=1S/C13H12F2N2O3/c1-16-6-12(20)17(7-11(16)19)5-10(18)13-8(14)3-2-4-9(13)15/h2-4H,5-7H2,1H3. The number of carbonyl (C=O) groups is 3. The lowest BCUT2D eigenvalue weighted by Crippen LogP contribution is -2.53. The molecule has 7 heteroatoms. The Kier molecular flexibility index (Phi) is 3.78. The van der Waals surface area contributed by atoms with Crippen molar-refractivity contribution in [3.63, 3.8) is 0 Å². The number of hydrogen-bond acceptors (Lipinski definition) is 3. The Morgan fingerprint density at radius 2 is 1.75 bits per heavy atom. The second-order valence-electron chi connectivity index (χ2n) is 4.52. The zero-order valence-electron chi connectivity index (χ0n) is 10.7. The zero-order chi connectivity index (χ0) is 14.9. The Bertz CT molecular complexity index is 569. The first kappa shape index (κ1) is 14.1. The van der Waals surface area contributed by atoms with Crippen molar-refractivity contribution in [1.29, 1.82) is 0 Å². The molecule has 0 aliphatic carbocycles. The van der Waals surface area contributed by atoms with Crippen molar-refractivity contribution in [1.82, 2.24) is 9.80 Å². The summed E-state index contributed by atoms with van der Waals surface area (Å²) in [6, 6.07) is 3.08. The second-order valence-corrected chi connectivity index (χ2v) is 4.52. The highest BCUT2D eigenvalue weighted by molar-refractivity contribution is 6.01. The topological polar surface area (TPSA) is 57.7 Å². The van der Waals surface area contributed by atoms with Crippen LogP contribution in [0.2, 0.25) is 0 Å². The predicted molar refractivity (Wildman–Crippen MR) is 64.9 cm³/mol. The lowest BCUT2D eigenvalue weighted by molar-refractivity contribution is -0.148. The molecule has 1 aromatic carbocycles. The first-order chi connectivity index (χ1) is 9.40. The summed E-state index contributed by atoms with van der Waals surface area (Å²) in [5, 5.41) is 0. The monoisotopic (exact) mass is 282 g/mol. The van der Waals surface area contributed by atoms with Crippen molar-refractivity contribution in [2.24, 2.45) is 0 Å². The third-order valence-corrected chi connectivity index (χ3v) is 3.05. The van der Waals surface area contributed by atoms with Crippen LogP contribution >= 0.6 is 0 Å². The summed E-state index contributed by atoms with van der Waals surface area (Å²) >= 11 is 0. The van der Waals surface area contributed by atoms with Crippen molar-refractivity contribution in [3.05, 3.63) is 35.4 Å². The van der Waals surface area contributed by atoms with Gasteiger partial charge >= 0.3 is 0 Å². The van der Waals surface area contributed by atoms with Gasteiger partial charge in [-0.05, 0) is 12.1 Å². The summed E-state index contributed by atoms with van der Waals surface area (Å²) in [4.78, 5) is 37.3. The third-order valence-electron chi connectivity index (χ3n) is 3.05. The highest BCUT2D eigenvalue weighted by Crippen LogP contribution is 2.14. The lowest BCUT2D eigenvalue weighted by Gasteiger charge is -2.31. The summed E-state index contributed by atoms with van der Waals surface area (Å²) in [7, 11) is 1.47. The van der Waals surface area contributed by atoms with Crippen molar-refractivity contribution >= 4 is 17.6 Å². The van der Waals surface area contributed by atoms with E-state index in [-0.39, 0.29) is 19.0 Å². The zero-order valence-corrected chi connectivity index (χ0v) is 10.7. The second kappa shape index (κ2) is 5.36. The molecule has 0 unspecified atom stereocenters. The van der Waals surface area contributed by atoms with Gasteiger partial charge in [-0.25, -0.2) is 8.78 Å². The fourth-order valence-corrected chi connectivity index (χ4v) is 1.92. The molecule has 1 saturated heterocycles. The van der Waals surface area contributed by atoms with Crippen LogP contribution in [0, 0.1) is 11.6 Å². The fraction of sp³-hybridized carbons (Fsp3) is 0.308. The van der Waals surface area contributed by atoms with Gasteiger partial charge in [0.15, 0.2) is 5.78 Å². The van der Waals surface area contributed by atoms with E-state index in [9.17, 15) is 23.2 Å². The molecular formula is C13H12F2N2O3. The molecule has 1 aliphatic rings. The van der Waals surface area contributed by atoms with Crippen LogP contribution in [-0.2, 0) is 9.59 Å². The number of ketones is 1. The molecule has 0 radical (unpaired) electrons. The molecule has 2 rings (SSSR count). The molecule has 106 valence electrons. The normalized spacial score (nSPS) is 15.8. The Hall–Kier alpha value is -2.31. The number of piperazine rings is 1. The van der Waals surface area contributed by atoms with Crippen LogP contribution in [0.3, 0.4) is 0 Å². The number of carbonyl (C=O) groups excluding carboxylic acids is 3. The molecule has 0 bridgehead atoms. The molecular weight excluding hydrogens is 270 g/mol. The summed E-state index contributed by atoms with van der Waals surface area (Å²) in [5.41, 5.74) is -0.688. The Balaban J connectivity index is 2.16. The van der Waals surface area contributed by atoms with Gasteiger partial charge in [0.05, 0.1) is 18.7 Å². The Morgan fingerprint density at radius 3 is 2.35 bits per heavy atom. The largest absolute Gasteiger partial charge is 0.335 e. The van der Waals surface area contributed by atoms with E-state index in [1.165, 1.54) is 11.9 Å². The minimum absolute atomic E-state index is 0.147. The first-order valence-corrected chi connectivity index (χ1v) is 5.89. The molecule has 1 aromatic rings. The maximum absolute atomic E-state index is 13.5. The van der Waals surface area contributed by atoms with Gasteiger partial charge in [0.1, 0.15) is 18.2 Å². The Labute approximate surface area is 113 Å². The highest BCUT2D eigenvalue weighted by atomic mass is 19.1. The van der Waals surface area contributed by atoms with E-state index in [4.69, 9.17) is 0 Å². The molecule has 1 heterocycles. The summed E-state index contributed by atoms with van der Waals surface area (Å²) in [5.74, 6) is -3.60. The molecule has 0 saturated carbocycles. The SMILES string of the molecule is CN1CC(=O)N(CC(=O)c2c(F)cccc2F)CC1=O. The van der Waals surface area contributed by atoms with Gasteiger partial charge in [-0.2, -0.15) is 0 Å². The Morgan fingerprint density at radius 1 is 1.15 bits per heavy atom. The number of amides is 2. The van der Waals surface area contributed by atoms with Gasteiger partial charge < -0.3 is 9.80 Å². The van der Waals surface area contributed by atoms with Gasteiger partial charge in [0, 0.05) is 7.05 Å². The number of Topliss-reactive ketones (excluding diaryl/α,β-unsaturated/α-hetero) is 1. The first-order valence-electron chi connectivity index (χ1n) is 5.89. The van der Waals surface area contributed by atoms with Gasteiger partial charge in [0.25, 0.3) is 0 Å². The molecule has 1 aliphatic heterocycles. The van der Waals surface area contributed by atoms with Crippen LogP contribution in [0.1, 0.15) is 10.4 Å². The molecule has 0 atom stereocenters. The van der Waals surface area contributed by atoms with Crippen LogP contribution in [0.5, 0.6) is 0 Å².